The number of hydrogen-bond donors (Lipinski definition) is 6. The van der Waals surface area contributed by atoms with Crippen LogP contribution in [0.25, 0.3) is 0 Å². The van der Waals surface area contributed by atoms with E-state index in [9.17, 15) is 30.3 Å². The number of carbonyl (C=O) groups excluding carboxylic acids is 1. The molecule has 1 rings (SSSR count). The molecule has 9 heteroatoms. The number of ether oxygens (including phenoxy) is 2. The molecule has 0 aliphatic carbocycles. The van der Waals surface area contributed by atoms with Crippen molar-refractivity contribution in [3.8, 4) is 0 Å². The van der Waals surface area contributed by atoms with Crippen molar-refractivity contribution in [2.24, 2.45) is 0 Å². The Morgan fingerprint density at radius 3 is 2.03 bits per heavy atom. The molecule has 0 bridgehead atoms. The molecule has 0 saturated carbocycles. The molecule has 1 aliphatic rings. The molecular weight excluding hydrogens is 418 g/mol. The van der Waals surface area contributed by atoms with Crippen LogP contribution in [0, 0.1) is 0 Å². The van der Waals surface area contributed by atoms with Crippen LogP contribution >= 0.6 is 0 Å². The predicted octanol–water partition coefficient (Wildman–Crippen LogP) is 0.979. The van der Waals surface area contributed by atoms with Crippen molar-refractivity contribution in [3.05, 3.63) is 0 Å². The van der Waals surface area contributed by atoms with Crippen LogP contribution in [0.5, 0.6) is 0 Å². The van der Waals surface area contributed by atoms with Gasteiger partial charge >= 0.3 is 0 Å². The Morgan fingerprint density at radius 2 is 1.50 bits per heavy atom. The van der Waals surface area contributed by atoms with Gasteiger partial charge in [0.1, 0.15) is 24.4 Å². The van der Waals surface area contributed by atoms with Gasteiger partial charge in [0.25, 0.3) is 0 Å². The fraction of sp³-hybridized carbons (Fsp3) is 0.957. The van der Waals surface area contributed by atoms with E-state index >= 15 is 0 Å². The first-order chi connectivity index (χ1) is 15.3. The monoisotopic (exact) mass is 463 g/mol. The second-order valence-electron chi connectivity index (χ2n) is 8.88. The molecule has 0 aromatic rings. The molecule has 1 saturated heterocycles. The largest absolute Gasteiger partial charge is 0.394 e. The molecule has 0 aromatic carbocycles. The summed E-state index contributed by atoms with van der Waals surface area (Å²) in [5.41, 5.74) is 0. The highest BCUT2D eigenvalue weighted by Gasteiger charge is 2.44. The lowest BCUT2D eigenvalue weighted by Gasteiger charge is -2.40. The fourth-order valence-corrected chi connectivity index (χ4v) is 3.96. The van der Waals surface area contributed by atoms with Crippen molar-refractivity contribution < 1.29 is 39.8 Å². The topological polar surface area (TPSA) is 149 Å². The summed E-state index contributed by atoms with van der Waals surface area (Å²) in [6.45, 7) is 2.85. The molecule has 9 nitrogen and oxygen atoms in total. The van der Waals surface area contributed by atoms with Gasteiger partial charge in [0.2, 0.25) is 5.91 Å². The molecule has 190 valence electrons. The van der Waals surface area contributed by atoms with Crippen molar-refractivity contribution in [2.75, 3.05) is 13.2 Å². The molecular formula is C23H45NO8. The fourth-order valence-electron chi connectivity index (χ4n) is 3.96. The minimum Gasteiger partial charge on any atom is -0.394 e. The van der Waals surface area contributed by atoms with Gasteiger partial charge in [-0.05, 0) is 6.42 Å². The van der Waals surface area contributed by atoms with E-state index in [-0.39, 0.29) is 12.5 Å². The summed E-state index contributed by atoms with van der Waals surface area (Å²) < 4.78 is 10.8. The number of aliphatic hydroxyl groups is 5. The van der Waals surface area contributed by atoms with Crippen LogP contribution in [-0.4, -0.2) is 87.5 Å². The number of carbonyl (C=O) groups is 1. The minimum atomic E-state index is -1.54. The molecule has 0 aromatic heterocycles. The van der Waals surface area contributed by atoms with Gasteiger partial charge in [0.15, 0.2) is 6.29 Å². The lowest BCUT2D eigenvalue weighted by Crippen LogP contribution is -2.60. The van der Waals surface area contributed by atoms with Crippen LogP contribution in [0.15, 0.2) is 0 Å². The van der Waals surface area contributed by atoms with Crippen molar-refractivity contribution >= 4 is 5.91 Å². The summed E-state index contributed by atoms with van der Waals surface area (Å²) in [6.07, 6.45) is 4.62. The van der Waals surface area contributed by atoms with Crippen LogP contribution < -0.4 is 5.32 Å². The second kappa shape index (κ2) is 16.7. The Labute approximate surface area is 192 Å². The van der Waals surface area contributed by atoms with E-state index in [0.717, 1.165) is 19.3 Å². The van der Waals surface area contributed by atoms with Crippen LogP contribution in [-0.2, 0) is 14.3 Å². The summed E-state index contributed by atoms with van der Waals surface area (Å²) in [4.78, 5) is 11.5. The van der Waals surface area contributed by atoms with Gasteiger partial charge in [0.05, 0.1) is 25.4 Å². The highest BCUT2D eigenvalue weighted by atomic mass is 16.7. The zero-order chi connectivity index (χ0) is 23.9. The first kappa shape index (κ1) is 29.2. The molecule has 6 N–H and O–H groups in total. The maximum absolute atomic E-state index is 11.5. The number of hydrogen-bond acceptors (Lipinski definition) is 8. The quantitative estimate of drug-likeness (QED) is 0.175. The summed E-state index contributed by atoms with van der Waals surface area (Å²) in [7, 11) is 0. The minimum absolute atomic E-state index is 0.152. The Bertz CT molecular complexity index is 493. The summed E-state index contributed by atoms with van der Waals surface area (Å²) in [6, 6.07) is -0.710. The van der Waals surface area contributed by atoms with Crippen LogP contribution in [0.3, 0.4) is 0 Å². The number of unbranched alkanes of at least 4 members (excludes halogenated alkanes) is 9. The van der Waals surface area contributed by atoms with Crippen molar-refractivity contribution in [2.45, 2.75) is 127 Å². The van der Waals surface area contributed by atoms with Gasteiger partial charge in [-0.1, -0.05) is 71.1 Å². The first-order valence-corrected chi connectivity index (χ1v) is 12.2. The molecule has 0 spiro atoms. The highest BCUT2D eigenvalue weighted by Crippen LogP contribution is 2.22. The normalized spacial score (nSPS) is 27.8. The Kier molecular flexibility index (Phi) is 15.3. The molecule has 7 unspecified atom stereocenters. The maximum Gasteiger partial charge on any atom is 0.217 e. The van der Waals surface area contributed by atoms with Gasteiger partial charge in [-0.25, -0.2) is 0 Å². The van der Waals surface area contributed by atoms with Gasteiger partial charge in [-0.3, -0.25) is 4.79 Å². The molecule has 7 atom stereocenters. The number of aliphatic hydroxyl groups excluding tert-OH is 5. The van der Waals surface area contributed by atoms with Crippen LogP contribution in [0.2, 0.25) is 0 Å². The van der Waals surface area contributed by atoms with Gasteiger partial charge in [-0.2, -0.15) is 0 Å². The molecule has 1 aliphatic heterocycles. The van der Waals surface area contributed by atoms with Crippen molar-refractivity contribution in [1.29, 1.82) is 0 Å². The average molecular weight is 464 g/mol. The lowest BCUT2D eigenvalue weighted by molar-refractivity contribution is -0.302. The standard InChI is InChI=1S/C23H45NO8/c1-3-4-5-6-7-8-9-10-11-12-13-18(27)17(24-16(2)26)15-31-23-22(30)21(29)20(28)19(14-25)32-23/h17-23,25,27-30H,3-15H2,1-2H3,(H,24,26). The van der Waals surface area contributed by atoms with E-state index in [1.807, 2.05) is 0 Å². The zero-order valence-corrected chi connectivity index (χ0v) is 19.7. The molecule has 32 heavy (non-hydrogen) atoms. The number of amides is 1. The SMILES string of the molecule is CCCCCCCCCCCCC(O)C(COC1OC(CO)C(O)C(O)C1O)NC(C)=O. The third-order valence-electron chi connectivity index (χ3n) is 6.00. The molecule has 0 radical (unpaired) electrons. The van der Waals surface area contributed by atoms with E-state index in [0.29, 0.717) is 6.42 Å². The summed E-state index contributed by atoms with van der Waals surface area (Å²) in [5.74, 6) is -0.325. The van der Waals surface area contributed by atoms with E-state index in [1.165, 1.54) is 51.9 Å². The van der Waals surface area contributed by atoms with E-state index in [4.69, 9.17) is 9.47 Å². The smallest absolute Gasteiger partial charge is 0.217 e. The Hall–Kier alpha value is -0.810. The predicted molar refractivity (Wildman–Crippen MR) is 120 cm³/mol. The van der Waals surface area contributed by atoms with Gasteiger partial charge < -0.3 is 40.3 Å². The summed E-state index contributed by atoms with van der Waals surface area (Å²) in [5, 5.41) is 52.2. The number of nitrogens with one attached hydrogen (secondary N) is 1. The average Bonchev–Trinajstić information content (AvgIpc) is 2.77. The molecule has 1 fully saturated rings. The van der Waals surface area contributed by atoms with E-state index in [2.05, 4.69) is 12.2 Å². The summed E-state index contributed by atoms with van der Waals surface area (Å²) >= 11 is 0. The Balaban J connectivity index is 2.35. The van der Waals surface area contributed by atoms with Crippen molar-refractivity contribution in [3.63, 3.8) is 0 Å². The maximum atomic E-state index is 11.5. The first-order valence-electron chi connectivity index (χ1n) is 12.2. The third kappa shape index (κ3) is 10.9. The Morgan fingerprint density at radius 1 is 0.938 bits per heavy atom. The van der Waals surface area contributed by atoms with Crippen LogP contribution in [0.4, 0.5) is 0 Å². The lowest BCUT2D eigenvalue weighted by atomic mass is 9.99. The second-order valence-corrected chi connectivity index (χ2v) is 8.88. The van der Waals surface area contributed by atoms with E-state index in [1.54, 1.807) is 0 Å². The van der Waals surface area contributed by atoms with Crippen LogP contribution in [0.1, 0.15) is 84.5 Å². The number of rotatable bonds is 17. The van der Waals surface area contributed by atoms with Gasteiger partial charge in [-0.15, -0.1) is 0 Å². The highest BCUT2D eigenvalue weighted by molar-refractivity contribution is 5.73. The van der Waals surface area contributed by atoms with Crippen molar-refractivity contribution in [1.82, 2.24) is 5.32 Å². The molecule has 1 heterocycles. The van der Waals surface area contributed by atoms with Gasteiger partial charge in [0, 0.05) is 6.92 Å². The van der Waals surface area contributed by atoms with E-state index < -0.39 is 49.5 Å². The zero-order valence-electron chi connectivity index (χ0n) is 19.7. The molecule has 1 amide bonds. The third-order valence-corrected chi connectivity index (χ3v) is 6.00.